The van der Waals surface area contributed by atoms with Gasteiger partial charge in [0.1, 0.15) is 0 Å². The fourth-order valence-electron chi connectivity index (χ4n) is 1.40. The molecule has 2 amide bonds. The number of carboxylic acid groups (broad SMARTS) is 1. The molecule has 1 aliphatic rings. The fourth-order valence-corrected chi connectivity index (χ4v) is 1.55. The molecule has 1 rings (SSSR count). The third-order valence-electron chi connectivity index (χ3n) is 2.12. The van der Waals surface area contributed by atoms with Crippen molar-refractivity contribution < 1.29 is 14.7 Å². The van der Waals surface area contributed by atoms with Crippen LogP contribution in [-0.2, 0) is 0 Å². The average molecular weight is 207 g/mol. The smallest absolute Gasteiger partial charge is 0.407 e. The van der Waals surface area contributed by atoms with E-state index in [9.17, 15) is 9.59 Å². The normalized spacial score (nSPS) is 23.1. The topological polar surface area (TPSA) is 60.9 Å². The Hall–Kier alpha value is -0.970. The van der Waals surface area contributed by atoms with Crippen LogP contribution in [0.25, 0.3) is 0 Å². The van der Waals surface area contributed by atoms with Crippen LogP contribution in [-0.4, -0.2) is 52.0 Å². The molecule has 74 valence electrons. The van der Waals surface area contributed by atoms with Crippen LogP contribution < -0.4 is 0 Å². The largest absolute Gasteiger partial charge is 0.465 e. The Balaban J connectivity index is 2.56. The van der Waals surface area contributed by atoms with Gasteiger partial charge < -0.3 is 14.9 Å². The Morgan fingerprint density at radius 1 is 1.46 bits per heavy atom. The minimum Gasteiger partial charge on any atom is -0.465 e. The van der Waals surface area contributed by atoms with Crippen molar-refractivity contribution in [3.05, 3.63) is 0 Å². The van der Waals surface area contributed by atoms with Crippen molar-refractivity contribution >= 4 is 23.1 Å². The number of rotatable bonds is 0. The maximum atomic E-state index is 10.7. The summed E-state index contributed by atoms with van der Waals surface area (Å²) in [6.07, 6.45) is -0.950. The maximum absolute atomic E-state index is 10.7. The number of halogens is 1. The van der Waals surface area contributed by atoms with Gasteiger partial charge in [-0.1, -0.05) is 0 Å². The van der Waals surface area contributed by atoms with Crippen molar-refractivity contribution in [1.82, 2.24) is 9.80 Å². The lowest BCUT2D eigenvalue weighted by atomic mass is 10.2. The highest BCUT2D eigenvalue weighted by atomic mass is 35.5. The Bertz CT molecular complexity index is 234. The molecule has 0 aromatic rings. The molecular formula is C7H11ClN2O3. The molecule has 1 aliphatic heterocycles. The number of nitrogens with zero attached hydrogens (tertiary/aromatic N) is 2. The molecule has 0 aromatic carbocycles. The van der Waals surface area contributed by atoms with Crippen molar-refractivity contribution in [2.45, 2.75) is 13.0 Å². The summed E-state index contributed by atoms with van der Waals surface area (Å²) in [5.74, 6) is 0. The van der Waals surface area contributed by atoms with Crippen LogP contribution in [0.3, 0.4) is 0 Å². The quantitative estimate of drug-likeness (QED) is 0.476. The molecule has 0 unspecified atom stereocenters. The van der Waals surface area contributed by atoms with Crippen LogP contribution in [0.5, 0.6) is 0 Å². The highest BCUT2D eigenvalue weighted by molar-refractivity contribution is 6.62. The summed E-state index contributed by atoms with van der Waals surface area (Å²) in [6.45, 7) is 2.82. The van der Waals surface area contributed by atoms with E-state index in [0.29, 0.717) is 19.6 Å². The van der Waals surface area contributed by atoms with Crippen LogP contribution in [0.4, 0.5) is 9.59 Å². The van der Waals surface area contributed by atoms with E-state index >= 15 is 0 Å². The van der Waals surface area contributed by atoms with Gasteiger partial charge in [-0.3, -0.25) is 4.79 Å². The lowest BCUT2D eigenvalue weighted by Gasteiger charge is -2.37. The van der Waals surface area contributed by atoms with E-state index in [0.717, 1.165) is 0 Å². The van der Waals surface area contributed by atoms with Gasteiger partial charge in [-0.05, 0) is 18.5 Å². The first-order valence-electron chi connectivity index (χ1n) is 3.96. The number of hydrogen-bond acceptors (Lipinski definition) is 2. The van der Waals surface area contributed by atoms with Crippen LogP contribution in [0.1, 0.15) is 6.92 Å². The van der Waals surface area contributed by atoms with Crippen LogP contribution in [0.2, 0.25) is 0 Å². The van der Waals surface area contributed by atoms with E-state index < -0.39 is 11.5 Å². The van der Waals surface area contributed by atoms with Gasteiger partial charge in [0, 0.05) is 25.7 Å². The van der Waals surface area contributed by atoms with Crippen molar-refractivity contribution in [3.8, 4) is 0 Å². The number of hydrogen-bond donors (Lipinski definition) is 1. The predicted octanol–water partition coefficient (Wildman–Crippen LogP) is 1.03. The zero-order valence-electron chi connectivity index (χ0n) is 7.23. The summed E-state index contributed by atoms with van der Waals surface area (Å²) in [4.78, 5) is 24.1. The third-order valence-corrected chi connectivity index (χ3v) is 2.36. The van der Waals surface area contributed by atoms with Gasteiger partial charge in [0.2, 0.25) is 0 Å². The molecule has 0 radical (unpaired) electrons. The zero-order valence-corrected chi connectivity index (χ0v) is 7.99. The first kappa shape index (κ1) is 10.1. The van der Waals surface area contributed by atoms with Gasteiger partial charge in [-0.25, -0.2) is 4.79 Å². The number of piperazine rings is 1. The maximum Gasteiger partial charge on any atom is 0.407 e. The Morgan fingerprint density at radius 3 is 2.46 bits per heavy atom. The van der Waals surface area contributed by atoms with Gasteiger partial charge in [0.25, 0.3) is 0 Å². The minimum absolute atomic E-state index is 0.186. The van der Waals surface area contributed by atoms with E-state index in [1.807, 2.05) is 0 Å². The molecule has 0 bridgehead atoms. The summed E-state index contributed by atoms with van der Waals surface area (Å²) in [5.41, 5.74) is 0. The summed E-state index contributed by atoms with van der Waals surface area (Å²) in [5, 5.41) is 8.21. The average Bonchev–Trinajstić information content (AvgIpc) is 2.03. The molecule has 5 nitrogen and oxygen atoms in total. The number of carbonyl (C=O) groups excluding carboxylic acids is 1. The molecule has 0 saturated carbocycles. The highest BCUT2D eigenvalue weighted by Gasteiger charge is 2.28. The van der Waals surface area contributed by atoms with Crippen LogP contribution >= 0.6 is 11.6 Å². The van der Waals surface area contributed by atoms with Crippen molar-refractivity contribution in [3.63, 3.8) is 0 Å². The van der Waals surface area contributed by atoms with Crippen molar-refractivity contribution in [2.24, 2.45) is 0 Å². The molecule has 1 N–H and O–H groups in total. The van der Waals surface area contributed by atoms with Crippen molar-refractivity contribution in [1.29, 1.82) is 0 Å². The van der Waals surface area contributed by atoms with Gasteiger partial charge in [-0.2, -0.15) is 0 Å². The molecule has 13 heavy (non-hydrogen) atoms. The van der Waals surface area contributed by atoms with Crippen LogP contribution in [0, 0.1) is 0 Å². The van der Waals surface area contributed by atoms with E-state index in [1.165, 1.54) is 9.80 Å². The Kier molecular flexibility index (Phi) is 2.98. The highest BCUT2D eigenvalue weighted by Crippen LogP contribution is 2.11. The summed E-state index contributed by atoms with van der Waals surface area (Å²) < 4.78 is 0. The molecule has 0 aromatic heterocycles. The van der Waals surface area contributed by atoms with Gasteiger partial charge >= 0.3 is 11.5 Å². The second-order valence-electron chi connectivity index (χ2n) is 3.02. The van der Waals surface area contributed by atoms with E-state index in [-0.39, 0.29) is 6.04 Å². The molecule has 6 heteroatoms. The molecule has 0 spiro atoms. The van der Waals surface area contributed by atoms with E-state index in [1.54, 1.807) is 6.92 Å². The summed E-state index contributed by atoms with van der Waals surface area (Å²) >= 11 is 5.27. The first-order chi connectivity index (χ1) is 6.02. The zero-order chi connectivity index (χ0) is 10.0. The monoisotopic (exact) mass is 206 g/mol. The summed E-state index contributed by atoms with van der Waals surface area (Å²) in [6, 6.07) is -0.186. The Morgan fingerprint density at radius 2 is 2.08 bits per heavy atom. The SMILES string of the molecule is C[C@H]1CN(C(=O)Cl)CCN1C(=O)O. The lowest BCUT2D eigenvalue weighted by molar-refractivity contribution is 0.0889. The van der Waals surface area contributed by atoms with Crippen molar-refractivity contribution in [2.75, 3.05) is 19.6 Å². The van der Waals surface area contributed by atoms with E-state index in [2.05, 4.69) is 0 Å². The fraction of sp³-hybridized carbons (Fsp3) is 0.714. The van der Waals surface area contributed by atoms with Gasteiger partial charge in [-0.15, -0.1) is 0 Å². The molecular weight excluding hydrogens is 196 g/mol. The van der Waals surface area contributed by atoms with Gasteiger partial charge in [0.15, 0.2) is 0 Å². The predicted molar refractivity (Wildman–Crippen MR) is 47.0 cm³/mol. The molecule has 0 aliphatic carbocycles. The number of amides is 2. The Labute approximate surface area is 80.9 Å². The van der Waals surface area contributed by atoms with Crippen LogP contribution in [0.15, 0.2) is 0 Å². The minimum atomic E-state index is -0.950. The number of carbonyl (C=O) groups is 2. The first-order valence-corrected chi connectivity index (χ1v) is 4.34. The summed E-state index contributed by atoms with van der Waals surface area (Å²) in [7, 11) is 0. The molecule has 1 atom stereocenters. The third kappa shape index (κ3) is 2.24. The second kappa shape index (κ2) is 3.83. The second-order valence-corrected chi connectivity index (χ2v) is 3.35. The molecule has 1 heterocycles. The van der Waals surface area contributed by atoms with Gasteiger partial charge in [0.05, 0.1) is 0 Å². The standard InChI is InChI=1S/C7H11ClN2O3/c1-5-4-9(6(8)11)2-3-10(5)7(12)13/h5H,2-4H2,1H3,(H,12,13)/t5-/m0/s1. The molecule has 1 fully saturated rings. The molecule has 1 saturated heterocycles. The van der Waals surface area contributed by atoms with E-state index in [4.69, 9.17) is 16.7 Å². The lowest BCUT2D eigenvalue weighted by Crippen LogP contribution is -2.54.